The number of carbonyl (C=O) groups is 1. The lowest BCUT2D eigenvalue weighted by atomic mass is 10.1. The normalized spacial score (nSPS) is 16.5. The van der Waals surface area contributed by atoms with Crippen LogP contribution in [0.5, 0.6) is 0 Å². The van der Waals surface area contributed by atoms with Crippen LogP contribution in [-0.2, 0) is 0 Å². The Balaban J connectivity index is 1.89. The molecule has 0 unspecified atom stereocenters. The van der Waals surface area contributed by atoms with Crippen molar-refractivity contribution in [3.8, 4) is 0 Å². The molecule has 6 heteroatoms. The van der Waals surface area contributed by atoms with Gasteiger partial charge in [-0.2, -0.15) is 0 Å². The summed E-state index contributed by atoms with van der Waals surface area (Å²) in [6, 6.07) is 1.59. The molecule has 1 saturated heterocycles. The number of piperazine rings is 1. The minimum Gasteiger partial charge on any atom is -0.336 e. The van der Waals surface area contributed by atoms with E-state index in [2.05, 4.69) is 23.7 Å². The Morgan fingerprint density at radius 2 is 1.95 bits per heavy atom. The molecule has 1 aromatic rings. The van der Waals surface area contributed by atoms with E-state index in [1.807, 2.05) is 4.90 Å². The number of hydrogen-bond donors (Lipinski definition) is 0. The highest BCUT2D eigenvalue weighted by atomic mass is 35.5. The SMILES string of the molecule is CC(C)CCN1CCN(C(=O)c2cnc(Cl)c(Cl)c2)CC1. The van der Waals surface area contributed by atoms with Gasteiger partial charge in [-0.15, -0.1) is 0 Å². The zero-order valence-electron chi connectivity index (χ0n) is 12.5. The Morgan fingerprint density at radius 1 is 1.29 bits per heavy atom. The molecule has 1 aliphatic heterocycles. The molecule has 0 bridgehead atoms. The number of carbonyl (C=O) groups excluding carboxylic acids is 1. The second kappa shape index (κ2) is 7.43. The highest BCUT2D eigenvalue weighted by molar-refractivity contribution is 6.41. The van der Waals surface area contributed by atoms with Crippen molar-refractivity contribution < 1.29 is 4.79 Å². The molecule has 0 aliphatic carbocycles. The van der Waals surface area contributed by atoms with Gasteiger partial charge in [-0.25, -0.2) is 4.98 Å². The predicted octanol–water partition coefficient (Wildman–Crippen LogP) is 3.19. The minimum absolute atomic E-state index is 0.0235. The Bertz CT molecular complexity index is 500. The van der Waals surface area contributed by atoms with Gasteiger partial charge in [0.1, 0.15) is 5.15 Å². The van der Waals surface area contributed by atoms with Gasteiger partial charge in [-0.1, -0.05) is 37.0 Å². The van der Waals surface area contributed by atoms with Gasteiger partial charge >= 0.3 is 0 Å². The molecule has 1 amide bonds. The monoisotopic (exact) mass is 329 g/mol. The lowest BCUT2D eigenvalue weighted by Crippen LogP contribution is -2.49. The number of pyridine rings is 1. The van der Waals surface area contributed by atoms with E-state index in [0.717, 1.165) is 32.7 Å². The summed E-state index contributed by atoms with van der Waals surface area (Å²) < 4.78 is 0. The van der Waals surface area contributed by atoms with Crippen LogP contribution in [0.2, 0.25) is 10.2 Å². The van der Waals surface area contributed by atoms with Crippen molar-refractivity contribution in [2.45, 2.75) is 20.3 Å². The lowest BCUT2D eigenvalue weighted by Gasteiger charge is -2.35. The smallest absolute Gasteiger partial charge is 0.255 e. The third kappa shape index (κ3) is 4.56. The van der Waals surface area contributed by atoms with Crippen LogP contribution < -0.4 is 0 Å². The van der Waals surface area contributed by atoms with Gasteiger partial charge in [0.25, 0.3) is 5.91 Å². The van der Waals surface area contributed by atoms with Gasteiger partial charge in [0.05, 0.1) is 10.6 Å². The first kappa shape index (κ1) is 16.5. The van der Waals surface area contributed by atoms with Crippen LogP contribution in [-0.4, -0.2) is 53.4 Å². The van der Waals surface area contributed by atoms with Crippen molar-refractivity contribution in [3.63, 3.8) is 0 Å². The molecular weight excluding hydrogens is 309 g/mol. The zero-order valence-corrected chi connectivity index (χ0v) is 14.0. The van der Waals surface area contributed by atoms with Gasteiger partial charge in [0.15, 0.2) is 0 Å². The standard InChI is InChI=1S/C15H21Cl2N3O/c1-11(2)3-4-19-5-7-20(8-6-19)15(21)12-9-13(16)14(17)18-10-12/h9-11H,3-8H2,1-2H3. The summed E-state index contributed by atoms with van der Waals surface area (Å²) in [5, 5.41) is 0.546. The maximum absolute atomic E-state index is 12.4. The maximum Gasteiger partial charge on any atom is 0.255 e. The van der Waals surface area contributed by atoms with Crippen LogP contribution in [0, 0.1) is 5.92 Å². The first-order chi connectivity index (χ1) is 9.97. The van der Waals surface area contributed by atoms with Crippen LogP contribution in [0.4, 0.5) is 0 Å². The largest absolute Gasteiger partial charge is 0.336 e. The van der Waals surface area contributed by atoms with E-state index in [0.29, 0.717) is 16.5 Å². The number of hydrogen-bond acceptors (Lipinski definition) is 3. The summed E-state index contributed by atoms with van der Waals surface area (Å²) in [6.45, 7) is 8.91. The highest BCUT2D eigenvalue weighted by Gasteiger charge is 2.22. The van der Waals surface area contributed by atoms with Crippen molar-refractivity contribution in [1.82, 2.24) is 14.8 Å². The molecule has 0 atom stereocenters. The third-order valence-corrected chi connectivity index (χ3v) is 4.41. The summed E-state index contributed by atoms with van der Waals surface area (Å²) in [4.78, 5) is 20.6. The van der Waals surface area contributed by atoms with Gasteiger partial charge < -0.3 is 4.90 Å². The van der Waals surface area contributed by atoms with E-state index in [4.69, 9.17) is 23.2 Å². The van der Waals surface area contributed by atoms with Crippen LogP contribution >= 0.6 is 23.2 Å². The van der Waals surface area contributed by atoms with E-state index in [9.17, 15) is 4.79 Å². The number of amides is 1. The van der Waals surface area contributed by atoms with Crippen LogP contribution in [0.3, 0.4) is 0 Å². The number of halogens is 2. The quantitative estimate of drug-likeness (QED) is 0.796. The Kier molecular flexibility index (Phi) is 5.85. The van der Waals surface area contributed by atoms with Crippen molar-refractivity contribution in [2.75, 3.05) is 32.7 Å². The molecule has 0 N–H and O–H groups in total. The predicted molar refractivity (Wildman–Crippen MR) is 86.1 cm³/mol. The topological polar surface area (TPSA) is 36.4 Å². The molecule has 0 spiro atoms. The number of rotatable bonds is 4. The molecule has 0 aromatic carbocycles. The summed E-state index contributed by atoms with van der Waals surface area (Å²) in [6.07, 6.45) is 2.69. The maximum atomic E-state index is 12.4. The summed E-state index contributed by atoms with van der Waals surface area (Å²) in [7, 11) is 0. The average Bonchev–Trinajstić information content (AvgIpc) is 2.48. The first-order valence-corrected chi connectivity index (χ1v) is 8.05. The Labute approximate surface area is 136 Å². The van der Waals surface area contributed by atoms with Crippen LogP contribution in [0.25, 0.3) is 0 Å². The number of nitrogens with zero attached hydrogens (tertiary/aromatic N) is 3. The summed E-state index contributed by atoms with van der Waals surface area (Å²) in [5.41, 5.74) is 0.500. The van der Waals surface area contributed by atoms with Crippen molar-refractivity contribution in [3.05, 3.63) is 28.0 Å². The molecule has 0 saturated carbocycles. The van der Waals surface area contributed by atoms with E-state index >= 15 is 0 Å². The molecule has 2 heterocycles. The fraction of sp³-hybridized carbons (Fsp3) is 0.600. The third-order valence-electron chi connectivity index (χ3n) is 3.73. The van der Waals surface area contributed by atoms with Gasteiger partial charge in [-0.05, 0) is 24.9 Å². The molecule has 1 aromatic heterocycles. The minimum atomic E-state index is -0.0235. The van der Waals surface area contributed by atoms with E-state index in [-0.39, 0.29) is 11.1 Å². The molecule has 21 heavy (non-hydrogen) atoms. The highest BCUT2D eigenvalue weighted by Crippen LogP contribution is 2.21. The van der Waals surface area contributed by atoms with Crippen molar-refractivity contribution >= 4 is 29.1 Å². The summed E-state index contributed by atoms with van der Waals surface area (Å²) in [5.74, 6) is 0.691. The van der Waals surface area contributed by atoms with E-state index in [1.54, 1.807) is 6.07 Å². The van der Waals surface area contributed by atoms with Crippen molar-refractivity contribution in [1.29, 1.82) is 0 Å². The molecule has 0 radical (unpaired) electrons. The second-order valence-electron chi connectivity index (χ2n) is 5.81. The average molecular weight is 330 g/mol. The van der Waals surface area contributed by atoms with Crippen LogP contribution in [0.15, 0.2) is 12.3 Å². The molecule has 1 fully saturated rings. The fourth-order valence-corrected chi connectivity index (χ4v) is 2.61. The van der Waals surface area contributed by atoms with E-state index in [1.165, 1.54) is 12.6 Å². The van der Waals surface area contributed by atoms with Crippen molar-refractivity contribution in [2.24, 2.45) is 5.92 Å². The van der Waals surface area contributed by atoms with Gasteiger partial charge in [0, 0.05) is 32.4 Å². The molecule has 2 rings (SSSR count). The molecular formula is C15H21Cl2N3O. The van der Waals surface area contributed by atoms with Gasteiger partial charge in [-0.3, -0.25) is 9.69 Å². The number of aromatic nitrogens is 1. The lowest BCUT2D eigenvalue weighted by molar-refractivity contribution is 0.0631. The van der Waals surface area contributed by atoms with E-state index < -0.39 is 0 Å². The molecule has 116 valence electrons. The first-order valence-electron chi connectivity index (χ1n) is 7.30. The zero-order chi connectivity index (χ0) is 15.4. The Hall–Kier alpha value is -0.840. The van der Waals surface area contributed by atoms with Crippen LogP contribution in [0.1, 0.15) is 30.6 Å². The molecule has 4 nitrogen and oxygen atoms in total. The second-order valence-corrected chi connectivity index (χ2v) is 6.58. The molecule has 1 aliphatic rings. The Morgan fingerprint density at radius 3 is 2.52 bits per heavy atom. The summed E-state index contributed by atoms with van der Waals surface area (Å²) >= 11 is 11.7. The fourth-order valence-electron chi connectivity index (χ4n) is 2.34. The van der Waals surface area contributed by atoms with Gasteiger partial charge in [0.2, 0.25) is 0 Å².